The normalized spacial score (nSPS) is 10.8. The largest absolute Gasteiger partial charge is 0.167 e. The summed E-state index contributed by atoms with van der Waals surface area (Å²) < 4.78 is 2.06. The van der Waals surface area contributed by atoms with Crippen LogP contribution in [-0.4, -0.2) is 18.4 Å². The minimum Gasteiger partial charge on any atom is -0.167 e. The summed E-state index contributed by atoms with van der Waals surface area (Å²) in [6, 6.07) is 0. The minimum atomic E-state index is 0.793. The van der Waals surface area contributed by atoms with E-state index in [1.807, 2.05) is 0 Å². The molecule has 0 fully saturated rings. The summed E-state index contributed by atoms with van der Waals surface area (Å²) in [5, 5.41) is 2.38. The second-order valence-electron chi connectivity index (χ2n) is 0.998. The van der Waals surface area contributed by atoms with Crippen molar-refractivity contribution in [2.24, 2.45) is 0 Å². The van der Waals surface area contributed by atoms with Gasteiger partial charge in [0.15, 0.2) is 0 Å². The lowest BCUT2D eigenvalue weighted by atomic mass is 11.9. The van der Waals surface area contributed by atoms with Gasteiger partial charge in [-0.3, -0.25) is 0 Å². The molecule has 0 N–H and O–H groups in total. The molecule has 0 amide bonds. The van der Waals surface area contributed by atoms with Gasteiger partial charge in [-0.2, -0.15) is 37.9 Å². The summed E-state index contributed by atoms with van der Waals surface area (Å²) >= 11 is 17.2. The van der Waals surface area contributed by atoms with Gasteiger partial charge in [0.2, 0.25) is 0 Å². The fourth-order valence-electron chi connectivity index (χ4n) is 0.253. The van der Waals surface area contributed by atoms with Crippen molar-refractivity contribution in [1.29, 1.82) is 0 Å². The Labute approximate surface area is 91.5 Å². The third kappa shape index (κ3) is 6.75. The predicted molar refractivity (Wildman–Crippen MR) is 66.2 cm³/mol. The molecule has 10 heavy (non-hydrogen) atoms. The number of rotatable bonds is 6. The van der Waals surface area contributed by atoms with Gasteiger partial charge in [-0.15, -0.1) is 3.12 Å². The first-order valence-electron chi connectivity index (χ1n) is 2.36. The fourth-order valence-corrected chi connectivity index (χ4v) is 4.82. The van der Waals surface area contributed by atoms with Gasteiger partial charge in [0.05, 0.1) is 15.3 Å². The van der Waals surface area contributed by atoms with Gasteiger partial charge in [0.25, 0.3) is 0 Å². The van der Waals surface area contributed by atoms with E-state index in [0.717, 1.165) is 15.3 Å². The van der Waals surface area contributed by atoms with Gasteiger partial charge in [-0.05, 0) is 35.8 Å². The highest BCUT2D eigenvalue weighted by molar-refractivity contribution is 8.30. The highest BCUT2D eigenvalue weighted by Gasteiger charge is 2.02. The molecule has 0 heterocycles. The van der Waals surface area contributed by atoms with Crippen molar-refractivity contribution in [3.8, 4) is 0 Å². The standard InChI is InChI=1S/C3H9NS6/c5-1-8-4(9-2-6)10-3-7/h5-7H,1-3H2. The van der Waals surface area contributed by atoms with Crippen LogP contribution in [0.2, 0.25) is 0 Å². The first-order valence-corrected chi connectivity index (χ1v) is 7.09. The smallest absolute Gasteiger partial charge is 0.0527 e. The molecule has 1 nitrogen and oxygen atoms in total. The Kier molecular flexibility index (Phi) is 11.0. The molecule has 0 aromatic heterocycles. The van der Waals surface area contributed by atoms with Crippen LogP contribution in [0.5, 0.6) is 0 Å². The van der Waals surface area contributed by atoms with Crippen LogP contribution in [-0.2, 0) is 0 Å². The van der Waals surface area contributed by atoms with E-state index in [1.54, 1.807) is 35.8 Å². The molecule has 0 aromatic rings. The van der Waals surface area contributed by atoms with Crippen LogP contribution >= 0.6 is 73.7 Å². The van der Waals surface area contributed by atoms with Crippen molar-refractivity contribution in [1.82, 2.24) is 3.12 Å². The summed E-state index contributed by atoms with van der Waals surface area (Å²) in [5.41, 5.74) is 0. The molecule has 62 valence electrons. The minimum absolute atomic E-state index is 0.793. The molecule has 0 bridgehead atoms. The maximum Gasteiger partial charge on any atom is 0.0527 e. The molecule has 0 aromatic carbocycles. The van der Waals surface area contributed by atoms with Crippen LogP contribution in [0.1, 0.15) is 0 Å². The number of hydrogen-bond donors (Lipinski definition) is 3. The number of nitrogens with zero attached hydrogens (tertiary/aromatic N) is 1. The van der Waals surface area contributed by atoms with E-state index in [1.165, 1.54) is 0 Å². The zero-order valence-corrected chi connectivity index (χ0v) is 10.3. The molecular formula is C3H9NS6. The lowest BCUT2D eigenvalue weighted by molar-refractivity contribution is 1.30. The van der Waals surface area contributed by atoms with E-state index in [-0.39, 0.29) is 0 Å². The highest BCUT2D eigenvalue weighted by Crippen LogP contribution is 2.32. The van der Waals surface area contributed by atoms with E-state index in [4.69, 9.17) is 0 Å². The molecular weight excluding hydrogens is 242 g/mol. The Balaban J connectivity index is 3.30. The van der Waals surface area contributed by atoms with Crippen molar-refractivity contribution >= 4 is 73.7 Å². The van der Waals surface area contributed by atoms with E-state index in [0.29, 0.717) is 0 Å². The Morgan fingerprint density at radius 1 is 0.800 bits per heavy atom. The fraction of sp³-hybridized carbons (Fsp3) is 1.00. The van der Waals surface area contributed by atoms with Crippen molar-refractivity contribution in [2.45, 2.75) is 0 Å². The molecule has 0 saturated heterocycles. The quantitative estimate of drug-likeness (QED) is 0.378. The third-order valence-corrected chi connectivity index (χ3v) is 4.40. The maximum atomic E-state index is 4.09. The van der Waals surface area contributed by atoms with Gasteiger partial charge < -0.3 is 0 Å². The average Bonchev–Trinajstić information content (AvgIpc) is 1.90. The van der Waals surface area contributed by atoms with Crippen molar-refractivity contribution < 1.29 is 0 Å². The predicted octanol–water partition coefficient (Wildman–Crippen LogP) is 2.89. The van der Waals surface area contributed by atoms with E-state index < -0.39 is 0 Å². The van der Waals surface area contributed by atoms with E-state index in [9.17, 15) is 0 Å². The van der Waals surface area contributed by atoms with Crippen LogP contribution in [0.3, 0.4) is 0 Å². The zero-order valence-electron chi connectivity index (χ0n) is 5.13. The lowest BCUT2D eigenvalue weighted by Gasteiger charge is -2.14. The molecule has 0 radical (unpaired) electrons. The zero-order chi connectivity index (χ0) is 7.82. The molecule has 0 rings (SSSR count). The van der Waals surface area contributed by atoms with Crippen LogP contribution in [0, 0.1) is 0 Å². The molecule has 0 saturated carbocycles. The second-order valence-corrected chi connectivity index (χ2v) is 6.66. The highest BCUT2D eigenvalue weighted by atomic mass is 32.3. The molecule has 0 spiro atoms. The number of thiol groups is 3. The van der Waals surface area contributed by atoms with E-state index >= 15 is 0 Å². The first kappa shape index (κ1) is 12.1. The molecule has 0 aliphatic heterocycles. The van der Waals surface area contributed by atoms with Gasteiger partial charge >= 0.3 is 0 Å². The Bertz CT molecular complexity index is 55.7. The van der Waals surface area contributed by atoms with Gasteiger partial charge in [0.1, 0.15) is 0 Å². The topological polar surface area (TPSA) is 3.24 Å². The SMILES string of the molecule is SCSN(SCS)SCS. The van der Waals surface area contributed by atoms with Crippen LogP contribution in [0.4, 0.5) is 0 Å². The van der Waals surface area contributed by atoms with Gasteiger partial charge in [-0.25, -0.2) is 0 Å². The van der Waals surface area contributed by atoms with Gasteiger partial charge in [0, 0.05) is 0 Å². The van der Waals surface area contributed by atoms with Crippen molar-refractivity contribution in [2.75, 3.05) is 15.3 Å². The van der Waals surface area contributed by atoms with Crippen LogP contribution in [0.25, 0.3) is 0 Å². The third-order valence-electron chi connectivity index (χ3n) is 0.489. The lowest BCUT2D eigenvalue weighted by Crippen LogP contribution is -1.94. The molecule has 0 aliphatic carbocycles. The van der Waals surface area contributed by atoms with Crippen LogP contribution in [0.15, 0.2) is 0 Å². The summed E-state index contributed by atoms with van der Waals surface area (Å²) in [4.78, 5) is 0. The summed E-state index contributed by atoms with van der Waals surface area (Å²) in [7, 11) is 0. The van der Waals surface area contributed by atoms with Gasteiger partial charge in [-0.1, -0.05) is 0 Å². The summed E-state index contributed by atoms with van der Waals surface area (Å²) in [6.45, 7) is 0. The Hall–Kier alpha value is 2.06. The maximum absolute atomic E-state index is 4.09. The molecule has 0 unspecified atom stereocenters. The molecule has 0 aliphatic rings. The first-order chi connectivity index (χ1) is 4.85. The average molecular weight is 252 g/mol. The van der Waals surface area contributed by atoms with Crippen LogP contribution < -0.4 is 0 Å². The van der Waals surface area contributed by atoms with E-state index in [2.05, 4.69) is 41.0 Å². The van der Waals surface area contributed by atoms with Crippen molar-refractivity contribution in [3.63, 3.8) is 0 Å². The Morgan fingerprint density at radius 3 is 1.30 bits per heavy atom. The summed E-state index contributed by atoms with van der Waals surface area (Å²) in [6.07, 6.45) is 0. The Morgan fingerprint density at radius 2 is 1.10 bits per heavy atom. The molecule has 7 heteroatoms. The van der Waals surface area contributed by atoms with Crippen molar-refractivity contribution in [3.05, 3.63) is 0 Å². The number of hydrogen-bond acceptors (Lipinski definition) is 7. The second kappa shape index (κ2) is 9.15. The summed E-state index contributed by atoms with van der Waals surface area (Å²) in [5.74, 6) is 0. The monoisotopic (exact) mass is 251 g/mol. The molecule has 0 atom stereocenters.